The van der Waals surface area contributed by atoms with Crippen LogP contribution in [0.15, 0.2) is 29.2 Å². The first-order chi connectivity index (χ1) is 11.6. The molecule has 25 heavy (non-hydrogen) atoms. The summed E-state index contributed by atoms with van der Waals surface area (Å²) in [5.74, 6) is -3.85. The van der Waals surface area contributed by atoms with E-state index in [0.717, 1.165) is 29.9 Å². The van der Waals surface area contributed by atoms with Crippen LogP contribution in [0.4, 0.5) is 13.6 Å². The monoisotopic (exact) mass is 374 g/mol. The van der Waals surface area contributed by atoms with Crippen LogP contribution in [-0.4, -0.2) is 36.6 Å². The molecule has 1 aromatic carbocycles. The van der Waals surface area contributed by atoms with E-state index in [2.05, 4.69) is 5.32 Å². The van der Waals surface area contributed by atoms with Crippen LogP contribution in [0.3, 0.4) is 0 Å². The topological polar surface area (TPSA) is 83.6 Å². The van der Waals surface area contributed by atoms with Gasteiger partial charge in [0.2, 0.25) is 9.84 Å². The average molecular weight is 374 g/mol. The molecule has 2 rings (SSSR count). The maximum Gasteiger partial charge on any atom is 0.341 e. The van der Waals surface area contributed by atoms with Crippen LogP contribution in [0.25, 0.3) is 0 Å². The van der Waals surface area contributed by atoms with Gasteiger partial charge >= 0.3 is 11.8 Å². The quantitative estimate of drug-likeness (QED) is 0.744. The number of hydrogen-bond acceptors (Lipinski definition) is 4. The first-order valence-electron chi connectivity index (χ1n) is 7.87. The highest BCUT2D eigenvalue weighted by Crippen LogP contribution is 2.25. The van der Waals surface area contributed by atoms with Crippen LogP contribution in [0.2, 0.25) is 0 Å². The predicted octanol–water partition coefficient (Wildman–Crippen LogP) is 2.68. The third kappa shape index (κ3) is 3.81. The van der Waals surface area contributed by atoms with Gasteiger partial charge in [0.15, 0.2) is 0 Å². The number of imide groups is 1. The Morgan fingerprint density at radius 2 is 1.80 bits per heavy atom. The molecule has 0 radical (unpaired) electrons. The molecule has 1 aliphatic rings. The molecule has 1 heterocycles. The van der Waals surface area contributed by atoms with E-state index in [-0.39, 0.29) is 12.5 Å². The maximum absolute atomic E-state index is 12.5. The van der Waals surface area contributed by atoms with E-state index < -0.39 is 32.1 Å². The summed E-state index contributed by atoms with van der Waals surface area (Å²) < 4.78 is 47.8. The number of amides is 3. The van der Waals surface area contributed by atoms with Gasteiger partial charge in [0.1, 0.15) is 5.54 Å². The fourth-order valence-corrected chi connectivity index (χ4v) is 3.38. The van der Waals surface area contributed by atoms with Gasteiger partial charge in [-0.3, -0.25) is 9.69 Å². The van der Waals surface area contributed by atoms with Gasteiger partial charge in [0, 0.05) is 0 Å². The first-order valence-corrected chi connectivity index (χ1v) is 9.41. The summed E-state index contributed by atoms with van der Waals surface area (Å²) in [7, 11) is -4.66. The van der Waals surface area contributed by atoms with Crippen molar-refractivity contribution >= 4 is 21.8 Å². The lowest BCUT2D eigenvalue weighted by Crippen LogP contribution is -2.43. The summed E-state index contributed by atoms with van der Waals surface area (Å²) in [6, 6.07) is 4.21. The van der Waals surface area contributed by atoms with Gasteiger partial charge in [-0.2, -0.15) is 8.78 Å². The van der Waals surface area contributed by atoms with E-state index in [4.69, 9.17) is 0 Å². The summed E-state index contributed by atoms with van der Waals surface area (Å²) in [6.45, 7) is 3.60. The molecule has 1 N–H and O–H groups in total. The maximum atomic E-state index is 12.5. The van der Waals surface area contributed by atoms with Crippen molar-refractivity contribution in [3.8, 4) is 0 Å². The van der Waals surface area contributed by atoms with E-state index in [9.17, 15) is 26.8 Å². The van der Waals surface area contributed by atoms with E-state index in [1.54, 1.807) is 6.92 Å². The molecule has 9 heteroatoms. The molecule has 0 saturated carbocycles. The van der Waals surface area contributed by atoms with Crippen molar-refractivity contribution in [3.63, 3.8) is 0 Å². The second-order valence-corrected chi connectivity index (χ2v) is 8.12. The van der Waals surface area contributed by atoms with Crippen LogP contribution >= 0.6 is 0 Å². The minimum absolute atomic E-state index is 0.0542. The molecule has 0 aliphatic carbocycles. The molecular formula is C16H20F2N2O4S. The Bertz CT molecular complexity index is 765. The van der Waals surface area contributed by atoms with E-state index >= 15 is 0 Å². The summed E-state index contributed by atoms with van der Waals surface area (Å²) in [5.41, 5.74) is -0.483. The smallest absolute Gasteiger partial charge is 0.323 e. The first kappa shape index (κ1) is 19.3. The number of nitrogens with one attached hydrogen (secondary N) is 1. The summed E-state index contributed by atoms with van der Waals surface area (Å²) in [4.78, 5) is 25.1. The molecule has 1 fully saturated rings. The van der Waals surface area contributed by atoms with Crippen molar-refractivity contribution in [3.05, 3.63) is 29.8 Å². The molecule has 138 valence electrons. The second kappa shape index (κ2) is 7.07. The Hall–Kier alpha value is -2.03. The fourth-order valence-electron chi connectivity index (χ4n) is 2.66. The number of urea groups is 1. The van der Waals surface area contributed by atoms with Crippen LogP contribution < -0.4 is 5.32 Å². The van der Waals surface area contributed by atoms with Crippen molar-refractivity contribution in [2.75, 3.05) is 0 Å². The Morgan fingerprint density at radius 3 is 2.32 bits per heavy atom. The molecule has 0 spiro atoms. The normalized spacial score (nSPS) is 21.1. The number of nitrogens with zero attached hydrogens (tertiary/aromatic N) is 1. The fraction of sp³-hybridized carbons (Fsp3) is 0.500. The number of hydrogen-bond donors (Lipinski definition) is 1. The molecule has 0 aromatic heterocycles. The lowest BCUT2D eigenvalue weighted by molar-refractivity contribution is -0.131. The number of carbonyl (C=O) groups excluding carboxylic acids is 2. The Morgan fingerprint density at radius 1 is 1.20 bits per heavy atom. The van der Waals surface area contributed by atoms with Crippen molar-refractivity contribution in [1.29, 1.82) is 0 Å². The van der Waals surface area contributed by atoms with Gasteiger partial charge in [-0.25, -0.2) is 13.2 Å². The van der Waals surface area contributed by atoms with Gasteiger partial charge in [-0.1, -0.05) is 31.9 Å². The van der Waals surface area contributed by atoms with Crippen LogP contribution in [0.1, 0.15) is 38.7 Å². The molecule has 1 atom stereocenters. The third-order valence-electron chi connectivity index (χ3n) is 4.20. The van der Waals surface area contributed by atoms with Crippen molar-refractivity contribution in [2.45, 2.75) is 55.8 Å². The standard InChI is InChI=1S/C16H20F2N2O4S/c1-3-4-9-16(2)13(21)20(15(22)19-16)10-11-5-7-12(8-6-11)25(23,24)14(17)18/h5-8,14H,3-4,9-10H2,1-2H3,(H,19,22). The highest BCUT2D eigenvalue weighted by Gasteiger charge is 2.46. The number of sulfone groups is 1. The van der Waals surface area contributed by atoms with E-state index in [1.165, 1.54) is 12.1 Å². The summed E-state index contributed by atoms with van der Waals surface area (Å²) >= 11 is 0. The largest absolute Gasteiger partial charge is 0.341 e. The molecule has 1 saturated heterocycles. The Kier molecular flexibility index (Phi) is 5.46. The van der Waals surface area contributed by atoms with Gasteiger partial charge in [0.25, 0.3) is 5.91 Å². The highest BCUT2D eigenvalue weighted by atomic mass is 32.2. The number of halogens is 2. The number of rotatable bonds is 7. The number of carbonyl (C=O) groups is 2. The summed E-state index contributed by atoms with van der Waals surface area (Å²) in [6.07, 6.45) is 2.20. The lowest BCUT2D eigenvalue weighted by atomic mass is 9.95. The number of benzene rings is 1. The molecule has 1 aromatic rings. The zero-order valence-electron chi connectivity index (χ0n) is 14.0. The van der Waals surface area contributed by atoms with E-state index in [0.29, 0.717) is 12.0 Å². The third-order valence-corrected chi connectivity index (χ3v) is 5.60. The van der Waals surface area contributed by atoms with Crippen LogP contribution in [0, 0.1) is 0 Å². The Labute approximate surface area is 145 Å². The average Bonchev–Trinajstić information content (AvgIpc) is 2.77. The summed E-state index contributed by atoms with van der Waals surface area (Å²) in [5, 5.41) is 2.68. The minimum atomic E-state index is -4.66. The van der Waals surface area contributed by atoms with Crippen LogP contribution in [-0.2, 0) is 21.2 Å². The lowest BCUT2D eigenvalue weighted by Gasteiger charge is -2.21. The van der Waals surface area contributed by atoms with Gasteiger partial charge < -0.3 is 5.32 Å². The van der Waals surface area contributed by atoms with Gasteiger partial charge in [-0.15, -0.1) is 0 Å². The SMILES string of the molecule is CCCCC1(C)NC(=O)N(Cc2ccc(S(=O)(=O)C(F)F)cc2)C1=O. The van der Waals surface area contributed by atoms with E-state index in [1.807, 2.05) is 6.92 Å². The molecule has 1 unspecified atom stereocenters. The van der Waals surface area contributed by atoms with Crippen LogP contribution in [0.5, 0.6) is 0 Å². The predicted molar refractivity (Wildman–Crippen MR) is 86.6 cm³/mol. The molecule has 6 nitrogen and oxygen atoms in total. The number of alkyl halides is 2. The zero-order chi connectivity index (χ0) is 18.8. The molecule has 1 aliphatic heterocycles. The highest BCUT2D eigenvalue weighted by molar-refractivity contribution is 7.91. The van der Waals surface area contributed by atoms with Gasteiger partial charge in [0.05, 0.1) is 11.4 Å². The zero-order valence-corrected chi connectivity index (χ0v) is 14.8. The van der Waals surface area contributed by atoms with Crippen molar-refractivity contribution in [2.24, 2.45) is 0 Å². The molecule has 0 bridgehead atoms. The Balaban J connectivity index is 2.15. The van der Waals surface area contributed by atoms with Crippen molar-refractivity contribution in [1.82, 2.24) is 10.2 Å². The minimum Gasteiger partial charge on any atom is -0.323 e. The molecular weight excluding hydrogens is 354 g/mol. The second-order valence-electron chi connectivity index (χ2n) is 6.21. The molecule has 3 amide bonds. The van der Waals surface area contributed by atoms with Crippen molar-refractivity contribution < 1.29 is 26.8 Å². The number of unbranched alkanes of at least 4 members (excludes halogenated alkanes) is 1. The van der Waals surface area contributed by atoms with Gasteiger partial charge in [-0.05, 0) is 31.0 Å².